The molecular weight excluding hydrogens is 202 g/mol. The molecule has 0 rings (SSSR count). The van der Waals surface area contributed by atoms with Gasteiger partial charge in [-0.25, -0.2) is 8.42 Å². The molecule has 1 unspecified atom stereocenters. The molecule has 0 saturated heterocycles. The van der Waals surface area contributed by atoms with Crippen LogP contribution < -0.4 is 5.32 Å². The number of aliphatic hydroxyl groups excluding tert-OH is 1. The normalized spacial score (nSPS) is 14.2. The number of aliphatic hydroxyl groups is 1. The molecule has 0 aliphatic rings. The van der Waals surface area contributed by atoms with Gasteiger partial charge >= 0.3 is 0 Å². The molecule has 2 N–H and O–H groups in total. The molecule has 0 bridgehead atoms. The molecule has 0 aliphatic carbocycles. The predicted octanol–water partition coefficient (Wildman–Crippen LogP) is 0.172. The van der Waals surface area contributed by atoms with Crippen molar-refractivity contribution >= 4 is 9.84 Å². The monoisotopic (exact) mass is 223 g/mol. The largest absolute Gasteiger partial charge is 0.396 e. The van der Waals surface area contributed by atoms with Gasteiger partial charge in [0.05, 0.1) is 5.75 Å². The molecule has 4 nitrogen and oxygen atoms in total. The second-order valence-corrected chi connectivity index (χ2v) is 5.82. The van der Waals surface area contributed by atoms with Crippen molar-refractivity contribution in [3.8, 4) is 0 Å². The van der Waals surface area contributed by atoms with Gasteiger partial charge in [0, 0.05) is 24.9 Å². The van der Waals surface area contributed by atoms with Gasteiger partial charge in [0.2, 0.25) is 0 Å². The second-order valence-electron chi connectivity index (χ2n) is 3.52. The Morgan fingerprint density at radius 3 is 2.50 bits per heavy atom. The summed E-state index contributed by atoms with van der Waals surface area (Å²) in [4.78, 5) is 0. The van der Waals surface area contributed by atoms with Gasteiger partial charge in [0.1, 0.15) is 0 Å². The number of hydrogen-bond donors (Lipinski definition) is 2. The van der Waals surface area contributed by atoms with E-state index in [9.17, 15) is 8.42 Å². The van der Waals surface area contributed by atoms with Gasteiger partial charge in [-0.2, -0.15) is 0 Å². The van der Waals surface area contributed by atoms with Gasteiger partial charge in [-0.3, -0.25) is 0 Å². The van der Waals surface area contributed by atoms with Gasteiger partial charge < -0.3 is 10.4 Å². The molecule has 0 aliphatic heterocycles. The minimum absolute atomic E-state index is 0.135. The SMILES string of the molecule is CCCS(=O)(=O)CCNC(C)CCO. The maximum absolute atomic E-state index is 11.3. The van der Waals surface area contributed by atoms with Crippen molar-refractivity contribution in [2.45, 2.75) is 32.7 Å². The number of rotatable bonds is 8. The van der Waals surface area contributed by atoms with Crippen molar-refractivity contribution in [3.05, 3.63) is 0 Å². The fraction of sp³-hybridized carbons (Fsp3) is 1.00. The molecule has 0 saturated carbocycles. The Balaban J connectivity index is 3.63. The van der Waals surface area contributed by atoms with Crippen LogP contribution in [-0.4, -0.2) is 44.2 Å². The van der Waals surface area contributed by atoms with Crippen LogP contribution in [0.3, 0.4) is 0 Å². The van der Waals surface area contributed by atoms with Crippen molar-refractivity contribution in [2.75, 3.05) is 24.7 Å². The summed E-state index contributed by atoms with van der Waals surface area (Å²) in [5.74, 6) is 0.458. The molecule has 0 aromatic rings. The quantitative estimate of drug-likeness (QED) is 0.616. The highest BCUT2D eigenvalue weighted by Crippen LogP contribution is 1.93. The summed E-state index contributed by atoms with van der Waals surface area (Å²) >= 11 is 0. The van der Waals surface area contributed by atoms with Crippen LogP contribution >= 0.6 is 0 Å². The van der Waals surface area contributed by atoms with Gasteiger partial charge in [0.25, 0.3) is 0 Å². The van der Waals surface area contributed by atoms with Crippen molar-refractivity contribution in [2.24, 2.45) is 0 Å². The third-order valence-corrected chi connectivity index (χ3v) is 3.84. The van der Waals surface area contributed by atoms with E-state index in [0.29, 0.717) is 19.4 Å². The van der Waals surface area contributed by atoms with E-state index in [0.717, 1.165) is 0 Å². The predicted molar refractivity (Wildman–Crippen MR) is 58.1 cm³/mol. The number of nitrogens with one attached hydrogen (secondary N) is 1. The third kappa shape index (κ3) is 7.29. The molecule has 1 atom stereocenters. The summed E-state index contributed by atoms with van der Waals surface area (Å²) in [5, 5.41) is 11.7. The van der Waals surface area contributed by atoms with E-state index >= 15 is 0 Å². The first-order valence-corrected chi connectivity index (χ1v) is 6.88. The summed E-state index contributed by atoms with van der Waals surface area (Å²) in [5.41, 5.74) is 0. The zero-order valence-corrected chi connectivity index (χ0v) is 9.81. The molecule has 0 spiro atoms. The Morgan fingerprint density at radius 1 is 1.36 bits per heavy atom. The van der Waals surface area contributed by atoms with Crippen molar-refractivity contribution < 1.29 is 13.5 Å². The van der Waals surface area contributed by atoms with Crippen LogP contribution in [0.5, 0.6) is 0 Å². The first kappa shape index (κ1) is 13.9. The number of hydrogen-bond acceptors (Lipinski definition) is 4. The van der Waals surface area contributed by atoms with E-state index in [4.69, 9.17) is 5.11 Å². The Hall–Kier alpha value is -0.130. The standard InChI is InChI=1S/C9H21NO3S/c1-3-7-14(12,13)8-5-10-9(2)4-6-11/h9-11H,3-8H2,1-2H3. The fourth-order valence-corrected chi connectivity index (χ4v) is 2.42. The first-order chi connectivity index (χ1) is 6.52. The molecule has 5 heteroatoms. The molecular formula is C9H21NO3S. The summed E-state index contributed by atoms with van der Waals surface area (Å²) in [6, 6.07) is 0.178. The van der Waals surface area contributed by atoms with Crippen LogP contribution in [0, 0.1) is 0 Å². The Morgan fingerprint density at radius 2 is 2.00 bits per heavy atom. The first-order valence-electron chi connectivity index (χ1n) is 5.06. The van der Waals surface area contributed by atoms with Crippen LogP contribution in [0.25, 0.3) is 0 Å². The fourth-order valence-electron chi connectivity index (χ4n) is 1.17. The molecule has 0 amide bonds. The van der Waals surface area contributed by atoms with Crippen LogP contribution in [0.15, 0.2) is 0 Å². The van der Waals surface area contributed by atoms with Crippen molar-refractivity contribution in [1.29, 1.82) is 0 Å². The minimum Gasteiger partial charge on any atom is -0.396 e. The Kier molecular flexibility index (Phi) is 7.13. The van der Waals surface area contributed by atoms with E-state index in [-0.39, 0.29) is 24.2 Å². The van der Waals surface area contributed by atoms with Gasteiger partial charge in [0.15, 0.2) is 9.84 Å². The lowest BCUT2D eigenvalue weighted by Gasteiger charge is -2.11. The summed E-state index contributed by atoms with van der Waals surface area (Å²) in [7, 11) is -2.87. The maximum atomic E-state index is 11.3. The van der Waals surface area contributed by atoms with E-state index in [1.54, 1.807) is 0 Å². The van der Waals surface area contributed by atoms with Crippen LogP contribution in [-0.2, 0) is 9.84 Å². The van der Waals surface area contributed by atoms with Crippen molar-refractivity contribution in [3.63, 3.8) is 0 Å². The average molecular weight is 223 g/mol. The second kappa shape index (κ2) is 7.20. The van der Waals surface area contributed by atoms with E-state index < -0.39 is 9.84 Å². The van der Waals surface area contributed by atoms with Crippen LogP contribution in [0.1, 0.15) is 26.7 Å². The minimum atomic E-state index is -2.87. The molecule has 14 heavy (non-hydrogen) atoms. The van der Waals surface area contributed by atoms with Crippen LogP contribution in [0.2, 0.25) is 0 Å². The third-order valence-electron chi connectivity index (χ3n) is 1.98. The highest BCUT2D eigenvalue weighted by Gasteiger charge is 2.09. The lowest BCUT2D eigenvalue weighted by atomic mass is 10.2. The average Bonchev–Trinajstić information content (AvgIpc) is 2.03. The van der Waals surface area contributed by atoms with E-state index in [1.807, 2.05) is 13.8 Å². The molecule has 0 fully saturated rings. The van der Waals surface area contributed by atoms with Gasteiger partial charge in [-0.05, 0) is 19.8 Å². The van der Waals surface area contributed by atoms with E-state index in [1.165, 1.54) is 0 Å². The molecule has 0 aromatic carbocycles. The molecule has 0 aromatic heterocycles. The highest BCUT2D eigenvalue weighted by atomic mass is 32.2. The molecule has 0 heterocycles. The van der Waals surface area contributed by atoms with Gasteiger partial charge in [-0.1, -0.05) is 6.92 Å². The Labute approximate surface area is 86.6 Å². The highest BCUT2D eigenvalue weighted by molar-refractivity contribution is 7.91. The smallest absolute Gasteiger partial charge is 0.151 e. The Bertz CT molecular complexity index is 226. The summed E-state index contributed by atoms with van der Waals surface area (Å²) in [6.45, 7) is 4.40. The van der Waals surface area contributed by atoms with Crippen molar-refractivity contribution in [1.82, 2.24) is 5.32 Å². The maximum Gasteiger partial charge on any atom is 0.151 e. The summed E-state index contributed by atoms with van der Waals surface area (Å²) in [6.07, 6.45) is 1.34. The van der Waals surface area contributed by atoms with Gasteiger partial charge in [-0.15, -0.1) is 0 Å². The lowest BCUT2D eigenvalue weighted by molar-refractivity contribution is 0.270. The number of sulfone groups is 1. The zero-order valence-electron chi connectivity index (χ0n) is 8.99. The summed E-state index contributed by atoms with van der Waals surface area (Å²) < 4.78 is 22.6. The topological polar surface area (TPSA) is 66.4 Å². The lowest BCUT2D eigenvalue weighted by Crippen LogP contribution is -2.32. The zero-order chi connectivity index (χ0) is 11.0. The van der Waals surface area contributed by atoms with Crippen LogP contribution in [0.4, 0.5) is 0 Å². The van der Waals surface area contributed by atoms with E-state index in [2.05, 4.69) is 5.32 Å². The molecule has 86 valence electrons. The molecule has 0 radical (unpaired) electrons.